The van der Waals surface area contributed by atoms with Crippen molar-refractivity contribution < 1.29 is 14.3 Å². The number of nitrogens with zero attached hydrogens (tertiary/aromatic N) is 2. The maximum Gasteiger partial charge on any atom is 0.209 e. The molecule has 0 amide bonds. The van der Waals surface area contributed by atoms with Crippen molar-refractivity contribution in [2.75, 3.05) is 19.5 Å². The van der Waals surface area contributed by atoms with Crippen molar-refractivity contribution in [3.8, 4) is 11.5 Å². The molecule has 0 unspecified atom stereocenters. The molecule has 1 atom stereocenters. The molecule has 0 saturated carbocycles. The second kappa shape index (κ2) is 7.89. The third-order valence-electron chi connectivity index (χ3n) is 5.88. The van der Waals surface area contributed by atoms with Crippen molar-refractivity contribution in [3.63, 3.8) is 0 Å². The second-order valence-corrected chi connectivity index (χ2v) is 7.64. The van der Waals surface area contributed by atoms with Crippen molar-refractivity contribution in [2.45, 2.75) is 13.0 Å². The predicted molar refractivity (Wildman–Crippen MR) is 125 cm³/mol. The zero-order valence-corrected chi connectivity index (χ0v) is 18.1. The summed E-state index contributed by atoms with van der Waals surface area (Å²) in [5, 5.41) is 3.50. The summed E-state index contributed by atoms with van der Waals surface area (Å²) in [5.41, 5.74) is 4.77. The normalized spacial score (nSPS) is 15.3. The molecule has 5 rings (SSSR count). The summed E-state index contributed by atoms with van der Waals surface area (Å²) in [7, 11) is 3.23. The fourth-order valence-electron chi connectivity index (χ4n) is 4.32. The molecular weight excluding hydrogens is 402 g/mol. The number of hydrogen-bond donors (Lipinski definition) is 1. The first kappa shape index (κ1) is 19.9. The minimum atomic E-state index is -0.437. The molecule has 1 aliphatic heterocycles. The van der Waals surface area contributed by atoms with Gasteiger partial charge in [-0.2, -0.15) is 0 Å². The molecule has 160 valence electrons. The molecule has 32 heavy (non-hydrogen) atoms. The quantitative estimate of drug-likeness (QED) is 0.438. The first-order valence-electron chi connectivity index (χ1n) is 10.4. The number of nitrogens with one attached hydrogen (secondary N) is 1. The summed E-state index contributed by atoms with van der Waals surface area (Å²) in [6.07, 6.45) is 0. The number of carbonyl (C=O) groups is 1. The van der Waals surface area contributed by atoms with Crippen LogP contribution in [0.1, 0.15) is 28.9 Å². The molecule has 6 nitrogen and oxygen atoms in total. The van der Waals surface area contributed by atoms with Crippen molar-refractivity contribution in [3.05, 3.63) is 89.5 Å². The van der Waals surface area contributed by atoms with Crippen molar-refractivity contribution >= 4 is 28.5 Å². The van der Waals surface area contributed by atoms with Gasteiger partial charge in [-0.1, -0.05) is 42.5 Å². The predicted octanol–water partition coefficient (Wildman–Crippen LogP) is 5.33. The number of para-hydroxylation sites is 2. The van der Waals surface area contributed by atoms with Crippen LogP contribution in [0.5, 0.6) is 11.5 Å². The number of hydrogen-bond acceptors (Lipinski definition) is 5. The van der Waals surface area contributed by atoms with E-state index in [2.05, 4.69) is 5.32 Å². The molecule has 0 saturated heterocycles. The smallest absolute Gasteiger partial charge is 0.209 e. The highest BCUT2D eigenvalue weighted by Gasteiger charge is 2.34. The highest BCUT2D eigenvalue weighted by Crippen LogP contribution is 2.43. The molecular formula is C26H23N3O3. The molecule has 0 radical (unpaired) electrons. The van der Waals surface area contributed by atoms with Gasteiger partial charge in [0.2, 0.25) is 5.95 Å². The lowest BCUT2D eigenvalue weighted by Gasteiger charge is -2.31. The lowest BCUT2D eigenvalue weighted by molar-refractivity contribution is 0.102. The van der Waals surface area contributed by atoms with Gasteiger partial charge in [0.25, 0.3) is 0 Å². The molecule has 1 N–H and O–H groups in total. The Morgan fingerprint density at radius 1 is 0.969 bits per heavy atom. The summed E-state index contributed by atoms with van der Waals surface area (Å²) in [4.78, 5) is 18.6. The Labute approximate surface area is 186 Å². The summed E-state index contributed by atoms with van der Waals surface area (Å²) >= 11 is 0. The van der Waals surface area contributed by atoms with Crippen molar-refractivity contribution in [1.82, 2.24) is 9.55 Å². The highest BCUT2D eigenvalue weighted by atomic mass is 16.5. The van der Waals surface area contributed by atoms with E-state index in [1.54, 1.807) is 14.2 Å². The van der Waals surface area contributed by atoms with E-state index in [-0.39, 0.29) is 5.78 Å². The molecule has 2 heterocycles. The Kier molecular flexibility index (Phi) is 4.90. The van der Waals surface area contributed by atoms with Gasteiger partial charge in [0.05, 0.1) is 31.3 Å². The van der Waals surface area contributed by atoms with Gasteiger partial charge >= 0.3 is 0 Å². The van der Waals surface area contributed by atoms with Crippen LogP contribution >= 0.6 is 0 Å². The number of benzene rings is 3. The average molecular weight is 425 g/mol. The molecule has 6 heteroatoms. The van der Waals surface area contributed by atoms with Crippen LogP contribution in [0.4, 0.5) is 5.95 Å². The fourth-order valence-corrected chi connectivity index (χ4v) is 4.32. The number of rotatable bonds is 5. The molecule has 0 spiro atoms. The van der Waals surface area contributed by atoms with Gasteiger partial charge < -0.3 is 14.8 Å². The van der Waals surface area contributed by atoms with E-state index in [1.165, 1.54) is 0 Å². The van der Waals surface area contributed by atoms with E-state index >= 15 is 0 Å². The zero-order chi connectivity index (χ0) is 22.2. The first-order chi connectivity index (χ1) is 15.6. The number of carbonyl (C=O) groups excluding carboxylic acids is 1. The van der Waals surface area contributed by atoms with Gasteiger partial charge in [-0.3, -0.25) is 9.36 Å². The van der Waals surface area contributed by atoms with Gasteiger partial charge in [-0.05, 0) is 31.2 Å². The third kappa shape index (κ3) is 3.12. The average Bonchev–Trinajstić information content (AvgIpc) is 3.22. The van der Waals surface area contributed by atoms with Crippen LogP contribution in [-0.2, 0) is 0 Å². The number of aromatic nitrogens is 2. The van der Waals surface area contributed by atoms with Crippen LogP contribution in [0, 0.1) is 0 Å². The lowest BCUT2D eigenvalue weighted by Crippen LogP contribution is -2.27. The number of methoxy groups -OCH3 is 2. The van der Waals surface area contributed by atoms with Gasteiger partial charge in [0.15, 0.2) is 5.78 Å². The van der Waals surface area contributed by atoms with E-state index in [0.717, 1.165) is 22.3 Å². The van der Waals surface area contributed by atoms with Gasteiger partial charge in [0.1, 0.15) is 11.5 Å². The second-order valence-electron chi connectivity index (χ2n) is 7.64. The van der Waals surface area contributed by atoms with Crippen LogP contribution in [0.2, 0.25) is 0 Å². The number of anilines is 1. The number of ketones is 1. The Bertz CT molecular complexity index is 1360. The Morgan fingerprint density at radius 2 is 1.72 bits per heavy atom. The number of ether oxygens (including phenoxy) is 2. The highest BCUT2D eigenvalue weighted by molar-refractivity contribution is 6.14. The number of fused-ring (bicyclic) bond motifs is 3. The summed E-state index contributed by atoms with van der Waals surface area (Å²) in [6.45, 7) is 1.97. The monoisotopic (exact) mass is 425 g/mol. The maximum atomic E-state index is 13.8. The van der Waals surface area contributed by atoms with E-state index in [9.17, 15) is 4.79 Å². The molecule has 0 fully saturated rings. The van der Waals surface area contributed by atoms with Crippen LogP contribution < -0.4 is 14.8 Å². The largest absolute Gasteiger partial charge is 0.497 e. The number of imidazole rings is 1. The zero-order valence-electron chi connectivity index (χ0n) is 18.1. The summed E-state index contributed by atoms with van der Waals surface area (Å²) < 4.78 is 13.1. The van der Waals surface area contributed by atoms with Crippen LogP contribution in [-0.4, -0.2) is 29.6 Å². The summed E-state index contributed by atoms with van der Waals surface area (Å²) in [5.74, 6) is 1.97. The Morgan fingerprint density at radius 3 is 2.47 bits per heavy atom. The van der Waals surface area contributed by atoms with Crippen molar-refractivity contribution in [1.29, 1.82) is 0 Å². The number of allylic oxidation sites excluding steroid dienone is 1. The third-order valence-corrected chi connectivity index (χ3v) is 5.88. The lowest BCUT2D eigenvalue weighted by atomic mass is 9.89. The SMILES string of the molecule is COc1ccc([C@@H]2Nc3nc4ccccc4n3C(C)=C2C(=O)c2ccccc2)c(OC)c1. The van der Waals surface area contributed by atoms with Crippen molar-refractivity contribution in [2.24, 2.45) is 0 Å². The molecule has 1 aromatic heterocycles. The Hall–Kier alpha value is -4.06. The summed E-state index contributed by atoms with van der Waals surface area (Å²) in [6, 6.07) is 22.4. The molecule has 0 aliphatic carbocycles. The van der Waals surface area contributed by atoms with E-state index in [4.69, 9.17) is 14.5 Å². The van der Waals surface area contributed by atoms with E-state index in [0.29, 0.717) is 28.6 Å². The van der Waals surface area contributed by atoms with E-state index in [1.807, 2.05) is 84.3 Å². The van der Waals surface area contributed by atoms with E-state index < -0.39 is 6.04 Å². The molecule has 3 aromatic carbocycles. The number of Topliss-reactive ketones (excluding diaryl/α,β-unsaturated/α-hetero) is 1. The minimum Gasteiger partial charge on any atom is -0.497 e. The van der Waals surface area contributed by atoms with Crippen LogP contribution in [0.25, 0.3) is 16.7 Å². The van der Waals surface area contributed by atoms with Gasteiger partial charge in [0, 0.05) is 28.5 Å². The van der Waals surface area contributed by atoms with Crippen LogP contribution in [0.3, 0.4) is 0 Å². The topological polar surface area (TPSA) is 65.4 Å². The van der Waals surface area contributed by atoms with Crippen LogP contribution in [0.15, 0.2) is 78.4 Å². The van der Waals surface area contributed by atoms with Gasteiger partial charge in [-0.15, -0.1) is 0 Å². The molecule has 0 bridgehead atoms. The Balaban J connectivity index is 1.75. The first-order valence-corrected chi connectivity index (χ1v) is 10.4. The standard InChI is InChI=1S/C26H23N3O3/c1-16-23(25(30)17-9-5-4-6-10-17)24(19-14-13-18(31-2)15-22(19)32-3)28-26-27-20-11-7-8-12-21(20)29(16)26/h4-15,24H,1-3H3,(H,27,28)/t24-/m0/s1. The molecule has 4 aromatic rings. The van der Waals surface area contributed by atoms with Gasteiger partial charge in [-0.25, -0.2) is 4.98 Å². The minimum absolute atomic E-state index is 0.0399. The molecule has 1 aliphatic rings. The fraction of sp³-hybridized carbons (Fsp3) is 0.154. The maximum absolute atomic E-state index is 13.8.